The first-order valence-electron chi connectivity index (χ1n) is 8.96. The summed E-state index contributed by atoms with van der Waals surface area (Å²) in [4.78, 5) is 14.9. The molecule has 26 heavy (non-hydrogen) atoms. The van der Waals surface area contributed by atoms with Crippen LogP contribution in [0.5, 0.6) is 5.75 Å². The number of aryl methyl sites for hydroxylation is 1. The van der Waals surface area contributed by atoms with E-state index in [1.165, 1.54) is 11.6 Å². The molecule has 0 bridgehead atoms. The number of nitrogens with zero attached hydrogens (tertiary/aromatic N) is 1. The smallest absolute Gasteiger partial charge is 0.241 e. The zero-order valence-electron chi connectivity index (χ0n) is 15.5. The summed E-state index contributed by atoms with van der Waals surface area (Å²) in [6.45, 7) is 4.47. The normalized spacial score (nSPS) is 18.5. The molecule has 1 aliphatic heterocycles. The van der Waals surface area contributed by atoms with E-state index in [2.05, 4.69) is 22.3 Å². The van der Waals surface area contributed by atoms with E-state index >= 15 is 0 Å². The zero-order valence-corrected chi connectivity index (χ0v) is 15.5. The largest absolute Gasteiger partial charge is 0.497 e. The van der Waals surface area contributed by atoms with E-state index in [1.54, 1.807) is 26.2 Å². The Kier molecular flexibility index (Phi) is 5.57. The highest BCUT2D eigenvalue weighted by molar-refractivity contribution is 5.94. The van der Waals surface area contributed by atoms with Gasteiger partial charge in [0, 0.05) is 11.7 Å². The third-order valence-corrected chi connectivity index (χ3v) is 5.11. The van der Waals surface area contributed by atoms with Gasteiger partial charge in [-0.3, -0.25) is 9.69 Å². The second-order valence-corrected chi connectivity index (χ2v) is 6.80. The summed E-state index contributed by atoms with van der Waals surface area (Å²) < 4.78 is 18.9. The number of rotatable bonds is 5. The van der Waals surface area contributed by atoms with E-state index in [0.717, 1.165) is 25.1 Å². The Bertz CT molecular complexity index is 776. The van der Waals surface area contributed by atoms with Crippen LogP contribution in [0, 0.1) is 12.7 Å². The predicted molar refractivity (Wildman–Crippen MR) is 101 cm³/mol. The molecular formula is C21H25FN2O2. The monoisotopic (exact) mass is 356 g/mol. The van der Waals surface area contributed by atoms with Crippen molar-refractivity contribution in [2.45, 2.75) is 38.8 Å². The highest BCUT2D eigenvalue weighted by atomic mass is 19.1. The lowest BCUT2D eigenvalue weighted by molar-refractivity contribution is -0.121. The average molecular weight is 356 g/mol. The number of halogens is 1. The maximum atomic E-state index is 13.7. The summed E-state index contributed by atoms with van der Waals surface area (Å²) in [5, 5.41) is 2.84. The van der Waals surface area contributed by atoms with Crippen LogP contribution in [0.3, 0.4) is 0 Å². The van der Waals surface area contributed by atoms with E-state index in [4.69, 9.17) is 4.74 Å². The number of carbonyl (C=O) groups is 1. The fourth-order valence-electron chi connectivity index (χ4n) is 3.50. The van der Waals surface area contributed by atoms with Gasteiger partial charge in [-0.15, -0.1) is 0 Å². The van der Waals surface area contributed by atoms with Gasteiger partial charge in [0.15, 0.2) is 0 Å². The lowest BCUT2D eigenvalue weighted by Crippen LogP contribution is -2.41. The van der Waals surface area contributed by atoms with Crippen molar-refractivity contribution in [3.8, 4) is 5.75 Å². The molecule has 0 spiro atoms. The van der Waals surface area contributed by atoms with E-state index in [1.807, 2.05) is 19.1 Å². The van der Waals surface area contributed by atoms with Crippen LogP contribution in [-0.4, -0.2) is 30.5 Å². The van der Waals surface area contributed by atoms with Gasteiger partial charge in [0.2, 0.25) is 5.91 Å². The number of benzene rings is 2. The number of anilines is 1. The van der Waals surface area contributed by atoms with Crippen LogP contribution < -0.4 is 10.1 Å². The number of methoxy groups -OCH3 is 1. The molecule has 1 aliphatic rings. The van der Waals surface area contributed by atoms with E-state index in [0.29, 0.717) is 11.3 Å². The Balaban J connectivity index is 1.71. The first kappa shape index (κ1) is 18.4. The van der Waals surface area contributed by atoms with Gasteiger partial charge in [0.1, 0.15) is 11.6 Å². The number of hydrogen-bond donors (Lipinski definition) is 1. The van der Waals surface area contributed by atoms with Crippen LogP contribution in [0.25, 0.3) is 0 Å². The van der Waals surface area contributed by atoms with Crippen LogP contribution in [0.1, 0.15) is 36.9 Å². The van der Waals surface area contributed by atoms with Gasteiger partial charge in [-0.25, -0.2) is 4.39 Å². The van der Waals surface area contributed by atoms with Gasteiger partial charge in [0.25, 0.3) is 0 Å². The lowest BCUT2D eigenvalue weighted by Gasteiger charge is -2.30. The summed E-state index contributed by atoms with van der Waals surface area (Å²) in [5.74, 6) is 0.395. The van der Waals surface area contributed by atoms with Crippen LogP contribution in [0.2, 0.25) is 0 Å². The van der Waals surface area contributed by atoms with Crippen molar-refractivity contribution < 1.29 is 13.9 Å². The number of hydrogen-bond acceptors (Lipinski definition) is 3. The van der Waals surface area contributed by atoms with Gasteiger partial charge in [-0.05, 0) is 68.6 Å². The van der Waals surface area contributed by atoms with Crippen LogP contribution in [0.4, 0.5) is 10.1 Å². The molecule has 2 atom stereocenters. The van der Waals surface area contributed by atoms with Gasteiger partial charge in [0.05, 0.1) is 13.2 Å². The predicted octanol–water partition coefficient (Wildman–Crippen LogP) is 4.31. The molecule has 2 unspecified atom stereocenters. The van der Waals surface area contributed by atoms with E-state index < -0.39 is 0 Å². The van der Waals surface area contributed by atoms with Crippen LogP contribution in [-0.2, 0) is 4.79 Å². The van der Waals surface area contributed by atoms with Crippen molar-refractivity contribution in [1.29, 1.82) is 0 Å². The molecule has 0 saturated carbocycles. The fourth-order valence-corrected chi connectivity index (χ4v) is 3.50. The van der Waals surface area contributed by atoms with Crippen molar-refractivity contribution in [1.82, 2.24) is 4.90 Å². The standard InChI is InChI=1S/C21H25FN2O2/c1-14-6-9-17(13-19(14)22)23-21(25)15(2)24-12-4-5-20(24)16-7-10-18(26-3)11-8-16/h6-11,13,15,20H,4-5,12H2,1-3H3,(H,23,25). The molecule has 2 aromatic carbocycles. The maximum absolute atomic E-state index is 13.7. The number of ether oxygens (including phenoxy) is 1. The Morgan fingerprint density at radius 2 is 2.00 bits per heavy atom. The number of likely N-dealkylation sites (tertiary alicyclic amines) is 1. The summed E-state index contributed by atoms with van der Waals surface area (Å²) in [7, 11) is 1.65. The summed E-state index contributed by atoms with van der Waals surface area (Å²) in [6, 6.07) is 12.7. The minimum absolute atomic E-state index is 0.117. The molecule has 5 heteroatoms. The van der Waals surface area contributed by atoms with Gasteiger partial charge in [-0.2, -0.15) is 0 Å². The number of amides is 1. The molecule has 1 fully saturated rings. The Morgan fingerprint density at radius 1 is 1.27 bits per heavy atom. The minimum atomic E-state index is -0.312. The molecule has 0 aromatic heterocycles. The highest BCUT2D eigenvalue weighted by Gasteiger charge is 2.33. The third-order valence-electron chi connectivity index (χ3n) is 5.11. The van der Waals surface area contributed by atoms with E-state index in [-0.39, 0.29) is 23.8 Å². The van der Waals surface area contributed by atoms with Gasteiger partial charge < -0.3 is 10.1 Å². The van der Waals surface area contributed by atoms with Crippen molar-refractivity contribution in [3.05, 3.63) is 59.4 Å². The SMILES string of the molecule is COc1ccc(C2CCCN2C(C)C(=O)Nc2ccc(C)c(F)c2)cc1. The maximum Gasteiger partial charge on any atom is 0.241 e. The Morgan fingerprint density at radius 3 is 2.65 bits per heavy atom. The van der Waals surface area contributed by atoms with Gasteiger partial charge in [-0.1, -0.05) is 18.2 Å². The molecule has 1 saturated heterocycles. The molecule has 0 radical (unpaired) electrons. The first-order valence-corrected chi connectivity index (χ1v) is 8.96. The lowest BCUT2D eigenvalue weighted by atomic mass is 10.0. The molecule has 1 amide bonds. The second kappa shape index (κ2) is 7.87. The summed E-state index contributed by atoms with van der Waals surface area (Å²) in [5.41, 5.74) is 2.24. The Hall–Kier alpha value is -2.40. The molecule has 1 N–H and O–H groups in total. The topological polar surface area (TPSA) is 41.6 Å². The molecule has 4 nitrogen and oxygen atoms in total. The average Bonchev–Trinajstić information content (AvgIpc) is 3.14. The van der Waals surface area contributed by atoms with Gasteiger partial charge >= 0.3 is 0 Å². The number of nitrogens with one attached hydrogen (secondary N) is 1. The van der Waals surface area contributed by atoms with Crippen molar-refractivity contribution in [3.63, 3.8) is 0 Å². The van der Waals surface area contributed by atoms with Crippen LogP contribution in [0.15, 0.2) is 42.5 Å². The molecule has 3 rings (SSSR count). The van der Waals surface area contributed by atoms with Crippen molar-refractivity contribution >= 4 is 11.6 Å². The molecular weight excluding hydrogens is 331 g/mol. The minimum Gasteiger partial charge on any atom is -0.497 e. The molecule has 0 aliphatic carbocycles. The fraction of sp³-hybridized carbons (Fsp3) is 0.381. The van der Waals surface area contributed by atoms with Crippen molar-refractivity contribution in [2.24, 2.45) is 0 Å². The first-order chi connectivity index (χ1) is 12.5. The summed E-state index contributed by atoms with van der Waals surface area (Å²) in [6.07, 6.45) is 2.07. The van der Waals surface area contributed by atoms with Crippen LogP contribution >= 0.6 is 0 Å². The Labute approximate surface area is 154 Å². The second-order valence-electron chi connectivity index (χ2n) is 6.80. The summed E-state index contributed by atoms with van der Waals surface area (Å²) >= 11 is 0. The number of carbonyl (C=O) groups excluding carboxylic acids is 1. The zero-order chi connectivity index (χ0) is 18.7. The highest BCUT2D eigenvalue weighted by Crippen LogP contribution is 2.34. The van der Waals surface area contributed by atoms with E-state index in [9.17, 15) is 9.18 Å². The molecule has 138 valence electrons. The third kappa shape index (κ3) is 3.88. The molecule has 2 aromatic rings. The molecule has 1 heterocycles. The van der Waals surface area contributed by atoms with Crippen molar-refractivity contribution in [2.75, 3.05) is 19.0 Å². The quantitative estimate of drug-likeness (QED) is 0.868.